The molecule has 0 radical (unpaired) electrons. The molecule has 172 valence electrons. The molecule has 1 fully saturated rings. The summed E-state index contributed by atoms with van der Waals surface area (Å²) in [7, 11) is 3.17. The Balaban J connectivity index is 1.47. The standard InChI is InChI=1S/C25H33N3O4/c1-30-22-12-8-11-21(25(22)31-2)14-15-23(29)27-28-17-7-6-13-24(28)32-18-16-26-19-20-9-4-3-5-10-20/h3-5,8-12,14-15,24,26H,6-7,13,16-19H2,1-2H3,(H,27,29)/b15-14+. The molecule has 0 aromatic heterocycles. The number of benzene rings is 2. The molecule has 0 bridgehead atoms. The number of nitrogens with one attached hydrogen (secondary N) is 2. The van der Waals surface area contributed by atoms with Crippen LogP contribution in [0.5, 0.6) is 11.5 Å². The molecule has 2 aromatic carbocycles. The van der Waals surface area contributed by atoms with Crippen molar-refractivity contribution >= 4 is 12.0 Å². The van der Waals surface area contributed by atoms with E-state index < -0.39 is 0 Å². The van der Waals surface area contributed by atoms with Gasteiger partial charge in [0.1, 0.15) is 6.23 Å². The third-order valence-corrected chi connectivity index (χ3v) is 5.31. The third-order valence-electron chi connectivity index (χ3n) is 5.31. The fraction of sp³-hybridized carbons (Fsp3) is 0.400. The minimum absolute atomic E-state index is 0.119. The van der Waals surface area contributed by atoms with Gasteiger partial charge in [0.25, 0.3) is 5.91 Å². The Hall–Kier alpha value is -2.87. The molecule has 2 N–H and O–H groups in total. The zero-order valence-corrected chi connectivity index (χ0v) is 18.9. The first-order valence-corrected chi connectivity index (χ1v) is 11.0. The summed E-state index contributed by atoms with van der Waals surface area (Å²) in [5.74, 6) is 1.02. The van der Waals surface area contributed by atoms with Crippen LogP contribution >= 0.6 is 0 Å². The minimum Gasteiger partial charge on any atom is -0.493 e. The van der Waals surface area contributed by atoms with Crippen molar-refractivity contribution in [2.24, 2.45) is 0 Å². The van der Waals surface area contributed by atoms with Crippen molar-refractivity contribution in [1.82, 2.24) is 15.8 Å². The van der Waals surface area contributed by atoms with E-state index in [1.165, 1.54) is 11.6 Å². The maximum atomic E-state index is 12.5. The number of carbonyl (C=O) groups is 1. The Labute approximate surface area is 190 Å². The average molecular weight is 440 g/mol. The van der Waals surface area contributed by atoms with Gasteiger partial charge in [-0.05, 0) is 37.0 Å². The Morgan fingerprint density at radius 2 is 1.94 bits per heavy atom. The predicted molar refractivity (Wildman–Crippen MR) is 125 cm³/mol. The summed E-state index contributed by atoms with van der Waals surface area (Å²) < 4.78 is 16.8. The number of para-hydroxylation sites is 1. The van der Waals surface area contributed by atoms with Crippen LogP contribution in [0.4, 0.5) is 0 Å². The van der Waals surface area contributed by atoms with E-state index in [4.69, 9.17) is 14.2 Å². The molecule has 7 nitrogen and oxygen atoms in total. The fourth-order valence-corrected chi connectivity index (χ4v) is 3.69. The normalized spacial score (nSPS) is 16.8. The van der Waals surface area contributed by atoms with Crippen molar-refractivity contribution in [3.63, 3.8) is 0 Å². The number of hydrogen-bond donors (Lipinski definition) is 2. The molecule has 1 saturated heterocycles. The lowest BCUT2D eigenvalue weighted by atomic mass is 10.1. The number of methoxy groups -OCH3 is 2. The van der Waals surface area contributed by atoms with E-state index in [2.05, 4.69) is 22.9 Å². The SMILES string of the molecule is COc1cccc(/C=C/C(=O)NN2CCCCC2OCCNCc2ccccc2)c1OC. The monoisotopic (exact) mass is 439 g/mol. The zero-order chi connectivity index (χ0) is 22.6. The van der Waals surface area contributed by atoms with Crippen LogP contribution in [-0.4, -0.2) is 51.1 Å². The van der Waals surface area contributed by atoms with E-state index in [9.17, 15) is 4.79 Å². The highest BCUT2D eigenvalue weighted by Crippen LogP contribution is 2.31. The molecule has 0 saturated carbocycles. The first-order valence-electron chi connectivity index (χ1n) is 11.0. The van der Waals surface area contributed by atoms with Gasteiger partial charge in [-0.25, -0.2) is 0 Å². The summed E-state index contributed by atoms with van der Waals surface area (Å²) in [6, 6.07) is 15.8. The van der Waals surface area contributed by atoms with Gasteiger partial charge in [-0.1, -0.05) is 42.5 Å². The lowest BCUT2D eigenvalue weighted by Gasteiger charge is -2.35. The fourth-order valence-electron chi connectivity index (χ4n) is 3.69. The first-order chi connectivity index (χ1) is 15.7. The number of ether oxygens (including phenoxy) is 3. The zero-order valence-electron chi connectivity index (χ0n) is 18.9. The molecule has 1 aliphatic rings. The third kappa shape index (κ3) is 7.09. The molecule has 0 aliphatic carbocycles. The van der Waals surface area contributed by atoms with E-state index in [0.29, 0.717) is 18.1 Å². The Morgan fingerprint density at radius 1 is 1.09 bits per heavy atom. The summed E-state index contributed by atoms with van der Waals surface area (Å²) in [5.41, 5.74) is 4.99. The number of hydrogen-bond acceptors (Lipinski definition) is 6. The number of hydrazine groups is 1. The molecule has 1 heterocycles. The second kappa shape index (κ2) is 12.9. The number of amides is 1. The van der Waals surface area contributed by atoms with E-state index in [1.54, 1.807) is 20.3 Å². The van der Waals surface area contributed by atoms with Crippen LogP contribution in [0.2, 0.25) is 0 Å². The van der Waals surface area contributed by atoms with Crippen molar-refractivity contribution in [2.75, 3.05) is 33.9 Å². The van der Waals surface area contributed by atoms with Crippen LogP contribution < -0.4 is 20.2 Å². The van der Waals surface area contributed by atoms with Crippen molar-refractivity contribution in [2.45, 2.75) is 32.0 Å². The van der Waals surface area contributed by atoms with Gasteiger partial charge in [0.15, 0.2) is 11.5 Å². The number of piperidine rings is 1. The smallest absolute Gasteiger partial charge is 0.258 e. The predicted octanol–water partition coefficient (Wildman–Crippen LogP) is 3.37. The highest BCUT2D eigenvalue weighted by molar-refractivity contribution is 5.92. The van der Waals surface area contributed by atoms with Crippen LogP contribution in [0.3, 0.4) is 0 Å². The largest absolute Gasteiger partial charge is 0.493 e. The van der Waals surface area contributed by atoms with E-state index >= 15 is 0 Å². The topological polar surface area (TPSA) is 72.1 Å². The Morgan fingerprint density at radius 3 is 2.72 bits per heavy atom. The molecule has 32 heavy (non-hydrogen) atoms. The highest BCUT2D eigenvalue weighted by Gasteiger charge is 2.23. The van der Waals surface area contributed by atoms with Gasteiger partial charge >= 0.3 is 0 Å². The van der Waals surface area contributed by atoms with Gasteiger partial charge in [0.05, 0.1) is 20.8 Å². The van der Waals surface area contributed by atoms with Gasteiger partial charge < -0.3 is 19.5 Å². The van der Waals surface area contributed by atoms with E-state index in [0.717, 1.165) is 44.5 Å². The van der Waals surface area contributed by atoms with E-state index in [1.807, 2.05) is 41.4 Å². The summed E-state index contributed by atoms with van der Waals surface area (Å²) in [5, 5.41) is 5.29. The molecule has 0 spiro atoms. The number of nitrogens with zero attached hydrogens (tertiary/aromatic N) is 1. The van der Waals surface area contributed by atoms with Crippen LogP contribution in [0.1, 0.15) is 30.4 Å². The molecule has 1 amide bonds. The van der Waals surface area contributed by atoms with Crippen LogP contribution in [0, 0.1) is 0 Å². The molecule has 3 rings (SSSR count). The Bertz CT molecular complexity index is 873. The molecular formula is C25H33N3O4. The number of carbonyl (C=O) groups excluding carboxylic acids is 1. The van der Waals surface area contributed by atoms with Crippen molar-refractivity contribution in [3.8, 4) is 11.5 Å². The van der Waals surface area contributed by atoms with Gasteiger partial charge in [0.2, 0.25) is 0 Å². The summed E-state index contributed by atoms with van der Waals surface area (Å²) >= 11 is 0. The molecule has 1 aliphatic heterocycles. The second-order valence-electron chi connectivity index (χ2n) is 7.57. The maximum absolute atomic E-state index is 12.5. The summed E-state index contributed by atoms with van der Waals surface area (Å²) in [4.78, 5) is 12.5. The van der Waals surface area contributed by atoms with Crippen LogP contribution in [0.15, 0.2) is 54.6 Å². The quantitative estimate of drug-likeness (QED) is 0.413. The Kier molecular flexibility index (Phi) is 9.56. The summed E-state index contributed by atoms with van der Waals surface area (Å²) in [6.45, 7) is 2.92. The van der Waals surface area contributed by atoms with Gasteiger partial charge in [0, 0.05) is 31.3 Å². The van der Waals surface area contributed by atoms with Gasteiger partial charge in [-0.3, -0.25) is 10.2 Å². The lowest BCUT2D eigenvalue weighted by Crippen LogP contribution is -2.52. The van der Waals surface area contributed by atoms with Crippen molar-refractivity contribution < 1.29 is 19.0 Å². The maximum Gasteiger partial charge on any atom is 0.258 e. The number of rotatable bonds is 11. The first kappa shape index (κ1) is 23.8. The van der Waals surface area contributed by atoms with Crippen LogP contribution in [0.25, 0.3) is 6.08 Å². The van der Waals surface area contributed by atoms with Gasteiger partial charge in [-0.2, -0.15) is 5.01 Å². The molecule has 2 aromatic rings. The lowest BCUT2D eigenvalue weighted by molar-refractivity contribution is -0.137. The average Bonchev–Trinajstić information content (AvgIpc) is 2.83. The van der Waals surface area contributed by atoms with E-state index in [-0.39, 0.29) is 12.1 Å². The summed E-state index contributed by atoms with van der Waals surface area (Å²) in [6.07, 6.45) is 6.12. The molecule has 1 unspecified atom stereocenters. The minimum atomic E-state index is -0.201. The van der Waals surface area contributed by atoms with Gasteiger partial charge in [-0.15, -0.1) is 0 Å². The molecule has 7 heteroatoms. The van der Waals surface area contributed by atoms with Crippen molar-refractivity contribution in [1.29, 1.82) is 0 Å². The second-order valence-corrected chi connectivity index (χ2v) is 7.57. The highest BCUT2D eigenvalue weighted by atomic mass is 16.5. The van der Waals surface area contributed by atoms with Crippen molar-refractivity contribution in [3.05, 3.63) is 65.7 Å². The molecular weight excluding hydrogens is 406 g/mol. The van der Waals surface area contributed by atoms with Crippen LogP contribution in [-0.2, 0) is 16.1 Å². The molecule has 1 atom stereocenters.